The molecule has 1 fully saturated rings. The van der Waals surface area contributed by atoms with Crippen LogP contribution >= 0.6 is 11.3 Å². The summed E-state index contributed by atoms with van der Waals surface area (Å²) in [4.78, 5) is 17.9. The van der Waals surface area contributed by atoms with Gasteiger partial charge in [-0.1, -0.05) is 0 Å². The lowest BCUT2D eigenvalue weighted by molar-refractivity contribution is 0.0953. The van der Waals surface area contributed by atoms with Crippen LogP contribution in [0.3, 0.4) is 0 Å². The summed E-state index contributed by atoms with van der Waals surface area (Å²) in [5.74, 6) is 5.35. The summed E-state index contributed by atoms with van der Waals surface area (Å²) < 4.78 is 5.17. The normalized spacial score (nSPS) is 20.2. The van der Waals surface area contributed by atoms with Gasteiger partial charge in [0, 0.05) is 25.6 Å². The van der Waals surface area contributed by atoms with E-state index >= 15 is 0 Å². The lowest BCUT2D eigenvalue weighted by atomic mass is 10.1. The number of hydrogen-bond donors (Lipinski definition) is 2. The maximum Gasteiger partial charge on any atom is 0.294 e. The fraction of sp³-hybridized carbons (Fsp3) is 0.636. The summed E-state index contributed by atoms with van der Waals surface area (Å²) in [6.07, 6.45) is 1.16. The number of aromatic nitrogens is 1. The zero-order valence-corrected chi connectivity index (χ0v) is 11.2. The van der Waals surface area contributed by atoms with Crippen molar-refractivity contribution in [1.29, 1.82) is 0 Å². The highest BCUT2D eigenvalue weighted by Crippen LogP contribution is 2.19. The molecule has 0 aromatic carbocycles. The number of likely N-dealkylation sites (tertiary alicyclic amines) is 1. The minimum absolute atomic E-state index is 0.329. The van der Waals surface area contributed by atoms with Crippen molar-refractivity contribution in [3.63, 3.8) is 0 Å². The van der Waals surface area contributed by atoms with Crippen LogP contribution in [0, 0.1) is 5.92 Å². The topological polar surface area (TPSA) is 80.5 Å². The molecular weight excluding hydrogens is 252 g/mol. The van der Waals surface area contributed by atoms with Crippen LogP contribution in [0.4, 0.5) is 0 Å². The fourth-order valence-electron chi connectivity index (χ4n) is 2.20. The number of hydrazine groups is 1. The van der Waals surface area contributed by atoms with Gasteiger partial charge in [-0.15, -0.1) is 11.3 Å². The second-order valence-corrected chi connectivity index (χ2v) is 5.32. The van der Waals surface area contributed by atoms with E-state index in [0.717, 1.165) is 38.4 Å². The number of thiazole rings is 1. The van der Waals surface area contributed by atoms with Gasteiger partial charge < -0.3 is 4.74 Å². The Morgan fingerprint density at radius 3 is 3.33 bits per heavy atom. The van der Waals surface area contributed by atoms with Crippen LogP contribution < -0.4 is 11.3 Å². The van der Waals surface area contributed by atoms with E-state index in [2.05, 4.69) is 15.3 Å². The zero-order valence-electron chi connectivity index (χ0n) is 10.4. The van der Waals surface area contributed by atoms with E-state index in [4.69, 9.17) is 10.6 Å². The quantitative estimate of drug-likeness (QED) is 0.454. The number of nitrogens with zero attached hydrogens (tertiary/aromatic N) is 2. The van der Waals surface area contributed by atoms with Gasteiger partial charge in [-0.05, 0) is 18.9 Å². The largest absolute Gasteiger partial charge is 0.384 e. The lowest BCUT2D eigenvalue weighted by Crippen LogP contribution is -2.30. The summed E-state index contributed by atoms with van der Waals surface area (Å²) in [5, 5.41) is 2.33. The molecule has 0 saturated carbocycles. The molecule has 100 valence electrons. The minimum atomic E-state index is -0.329. The van der Waals surface area contributed by atoms with Crippen molar-refractivity contribution in [3.05, 3.63) is 16.1 Å². The molecule has 0 radical (unpaired) electrons. The first-order valence-electron chi connectivity index (χ1n) is 5.89. The number of rotatable bonds is 5. The second kappa shape index (κ2) is 6.24. The van der Waals surface area contributed by atoms with E-state index in [9.17, 15) is 4.79 Å². The molecule has 7 heteroatoms. The number of carbonyl (C=O) groups is 1. The molecule has 1 aromatic heterocycles. The van der Waals surface area contributed by atoms with Crippen molar-refractivity contribution in [3.8, 4) is 0 Å². The van der Waals surface area contributed by atoms with Crippen LogP contribution in [0.15, 0.2) is 5.38 Å². The maximum absolute atomic E-state index is 11.3. The Kier molecular flexibility index (Phi) is 4.65. The Morgan fingerprint density at radius 1 is 1.78 bits per heavy atom. The number of nitrogen functional groups attached to an aromatic ring is 1. The third-order valence-electron chi connectivity index (χ3n) is 3.04. The molecule has 1 aliphatic rings. The minimum Gasteiger partial charge on any atom is -0.384 e. The molecular formula is C11H18N4O2S. The average molecular weight is 270 g/mol. The van der Waals surface area contributed by atoms with Crippen LogP contribution in [0.25, 0.3) is 0 Å². The Bertz CT molecular complexity index is 410. The van der Waals surface area contributed by atoms with Crippen LogP contribution in [-0.4, -0.2) is 42.6 Å². The lowest BCUT2D eigenvalue weighted by Gasteiger charge is -2.14. The highest BCUT2D eigenvalue weighted by molar-refractivity contribution is 7.11. The number of amides is 1. The molecule has 2 rings (SSSR count). The van der Waals surface area contributed by atoms with E-state index in [1.54, 1.807) is 7.11 Å². The Hall–Kier alpha value is -1.02. The van der Waals surface area contributed by atoms with Crippen LogP contribution in [-0.2, 0) is 11.3 Å². The number of nitrogens with one attached hydrogen (secondary N) is 1. The molecule has 1 unspecified atom stereocenters. The monoisotopic (exact) mass is 270 g/mol. The number of carbonyl (C=O) groups excluding carboxylic acids is 1. The van der Waals surface area contributed by atoms with E-state index in [1.807, 2.05) is 5.38 Å². The maximum atomic E-state index is 11.3. The first-order chi connectivity index (χ1) is 8.72. The van der Waals surface area contributed by atoms with E-state index < -0.39 is 0 Å². The van der Waals surface area contributed by atoms with Gasteiger partial charge in [-0.25, -0.2) is 10.8 Å². The zero-order chi connectivity index (χ0) is 13.0. The smallest absolute Gasteiger partial charge is 0.294 e. The Balaban J connectivity index is 1.87. The molecule has 1 aliphatic heterocycles. The second-order valence-electron chi connectivity index (χ2n) is 4.46. The number of nitrogens with two attached hydrogens (primary N) is 1. The van der Waals surface area contributed by atoms with Crippen molar-refractivity contribution < 1.29 is 9.53 Å². The highest BCUT2D eigenvalue weighted by Gasteiger charge is 2.23. The van der Waals surface area contributed by atoms with Crippen molar-refractivity contribution in [2.75, 3.05) is 26.8 Å². The SMILES string of the molecule is COCC1CCN(Cc2csc(C(=O)NN)n2)C1. The molecule has 0 spiro atoms. The van der Waals surface area contributed by atoms with Gasteiger partial charge in [0.1, 0.15) is 0 Å². The van der Waals surface area contributed by atoms with Gasteiger partial charge in [-0.3, -0.25) is 15.1 Å². The van der Waals surface area contributed by atoms with E-state index in [1.165, 1.54) is 11.3 Å². The summed E-state index contributed by atoms with van der Waals surface area (Å²) in [6, 6.07) is 0. The van der Waals surface area contributed by atoms with Gasteiger partial charge in [0.05, 0.1) is 12.3 Å². The molecule has 18 heavy (non-hydrogen) atoms. The first kappa shape index (κ1) is 13.4. The highest BCUT2D eigenvalue weighted by atomic mass is 32.1. The van der Waals surface area contributed by atoms with Crippen molar-refractivity contribution >= 4 is 17.2 Å². The van der Waals surface area contributed by atoms with Crippen molar-refractivity contribution in [2.24, 2.45) is 11.8 Å². The fourth-order valence-corrected chi connectivity index (χ4v) is 2.91. The third kappa shape index (κ3) is 3.26. The van der Waals surface area contributed by atoms with E-state index in [-0.39, 0.29) is 5.91 Å². The molecule has 1 amide bonds. The molecule has 0 aliphatic carbocycles. The average Bonchev–Trinajstić information content (AvgIpc) is 2.99. The summed E-state index contributed by atoms with van der Waals surface area (Å²) >= 11 is 1.32. The molecule has 0 bridgehead atoms. The van der Waals surface area contributed by atoms with Gasteiger partial charge in [0.25, 0.3) is 5.91 Å². The first-order valence-corrected chi connectivity index (χ1v) is 6.77. The standard InChI is InChI=1S/C11H18N4O2S/c1-17-6-8-2-3-15(4-8)5-9-7-18-11(13-9)10(16)14-12/h7-8H,2-6,12H2,1H3,(H,14,16). The van der Waals surface area contributed by atoms with Crippen LogP contribution in [0.1, 0.15) is 21.9 Å². The Labute approximate surface area is 110 Å². The van der Waals surface area contributed by atoms with Gasteiger partial charge in [0.2, 0.25) is 0 Å². The Morgan fingerprint density at radius 2 is 2.61 bits per heavy atom. The van der Waals surface area contributed by atoms with Gasteiger partial charge in [-0.2, -0.15) is 0 Å². The van der Waals surface area contributed by atoms with E-state index in [0.29, 0.717) is 10.9 Å². The summed E-state index contributed by atoms with van der Waals surface area (Å²) in [5.41, 5.74) is 3.02. The molecule has 6 nitrogen and oxygen atoms in total. The van der Waals surface area contributed by atoms with Crippen LogP contribution in [0.2, 0.25) is 0 Å². The van der Waals surface area contributed by atoms with Gasteiger partial charge >= 0.3 is 0 Å². The number of methoxy groups -OCH3 is 1. The predicted molar refractivity (Wildman–Crippen MR) is 69.0 cm³/mol. The number of hydrogen-bond acceptors (Lipinski definition) is 6. The number of ether oxygens (including phenoxy) is 1. The molecule has 1 atom stereocenters. The van der Waals surface area contributed by atoms with Crippen molar-refractivity contribution in [1.82, 2.24) is 15.3 Å². The predicted octanol–water partition coefficient (Wildman–Crippen LogP) is 0.215. The molecule has 1 aromatic rings. The van der Waals surface area contributed by atoms with Gasteiger partial charge in [0.15, 0.2) is 5.01 Å². The van der Waals surface area contributed by atoms with Crippen LogP contribution in [0.5, 0.6) is 0 Å². The summed E-state index contributed by atoms with van der Waals surface area (Å²) in [7, 11) is 1.74. The van der Waals surface area contributed by atoms with Crippen molar-refractivity contribution in [2.45, 2.75) is 13.0 Å². The molecule has 3 N–H and O–H groups in total. The summed E-state index contributed by atoms with van der Waals surface area (Å²) in [6.45, 7) is 3.69. The third-order valence-corrected chi connectivity index (χ3v) is 3.92. The molecule has 1 saturated heterocycles. The molecule has 2 heterocycles.